The van der Waals surface area contributed by atoms with Gasteiger partial charge in [-0.15, -0.1) is 0 Å². The summed E-state index contributed by atoms with van der Waals surface area (Å²) in [6, 6.07) is 4.68. The lowest BCUT2D eigenvalue weighted by atomic mass is 10.3. The summed E-state index contributed by atoms with van der Waals surface area (Å²) in [5.74, 6) is 0.573. The SMILES string of the molecule is Cc1cc(CNc2ncccc2F)no1. The summed E-state index contributed by atoms with van der Waals surface area (Å²) >= 11 is 0. The number of halogens is 1. The average Bonchev–Trinajstić information content (AvgIpc) is 2.63. The molecule has 0 fully saturated rings. The molecule has 2 rings (SSSR count). The van der Waals surface area contributed by atoms with Crippen molar-refractivity contribution < 1.29 is 8.91 Å². The summed E-state index contributed by atoms with van der Waals surface area (Å²) in [7, 11) is 0. The molecule has 4 nitrogen and oxygen atoms in total. The standard InChI is InChI=1S/C10H10FN3O/c1-7-5-8(14-15-7)6-13-10-9(11)3-2-4-12-10/h2-5H,6H2,1H3,(H,12,13). The van der Waals surface area contributed by atoms with Crippen LogP contribution in [0.3, 0.4) is 0 Å². The van der Waals surface area contributed by atoms with E-state index in [1.165, 1.54) is 12.3 Å². The number of hydrogen-bond donors (Lipinski definition) is 1. The maximum absolute atomic E-state index is 13.1. The van der Waals surface area contributed by atoms with E-state index < -0.39 is 0 Å². The minimum Gasteiger partial charge on any atom is -0.362 e. The first-order chi connectivity index (χ1) is 7.25. The molecule has 2 aromatic rings. The van der Waals surface area contributed by atoms with E-state index >= 15 is 0 Å². The van der Waals surface area contributed by atoms with E-state index in [0.717, 1.165) is 11.5 Å². The molecule has 0 aromatic carbocycles. The normalized spacial score (nSPS) is 10.3. The molecule has 0 aliphatic carbocycles. The van der Waals surface area contributed by atoms with Gasteiger partial charge in [-0.3, -0.25) is 0 Å². The number of nitrogens with one attached hydrogen (secondary N) is 1. The molecule has 2 aromatic heterocycles. The molecule has 0 radical (unpaired) electrons. The van der Waals surface area contributed by atoms with Crippen molar-refractivity contribution in [3.8, 4) is 0 Å². The molecule has 78 valence electrons. The Morgan fingerprint density at radius 3 is 3.07 bits per heavy atom. The van der Waals surface area contributed by atoms with Crippen molar-refractivity contribution in [1.82, 2.24) is 10.1 Å². The predicted molar refractivity (Wildman–Crippen MR) is 52.8 cm³/mol. The Kier molecular flexibility index (Phi) is 2.62. The van der Waals surface area contributed by atoms with Crippen LogP contribution in [0.15, 0.2) is 28.9 Å². The topological polar surface area (TPSA) is 51.0 Å². The monoisotopic (exact) mass is 207 g/mol. The Morgan fingerprint density at radius 1 is 1.53 bits per heavy atom. The molecule has 0 aliphatic heterocycles. The van der Waals surface area contributed by atoms with E-state index in [1.54, 1.807) is 19.1 Å². The Hall–Kier alpha value is -1.91. The molecule has 0 atom stereocenters. The zero-order chi connectivity index (χ0) is 10.7. The zero-order valence-corrected chi connectivity index (χ0v) is 8.20. The predicted octanol–water partition coefficient (Wildman–Crippen LogP) is 2.13. The molecular weight excluding hydrogens is 197 g/mol. The van der Waals surface area contributed by atoms with E-state index in [9.17, 15) is 4.39 Å². The minimum absolute atomic E-state index is 0.221. The van der Waals surface area contributed by atoms with Gasteiger partial charge in [0, 0.05) is 12.3 Å². The van der Waals surface area contributed by atoms with Crippen LogP contribution < -0.4 is 5.32 Å². The lowest BCUT2D eigenvalue weighted by Gasteiger charge is -2.02. The molecule has 0 aliphatic rings. The summed E-state index contributed by atoms with van der Waals surface area (Å²) < 4.78 is 18.0. The van der Waals surface area contributed by atoms with Gasteiger partial charge >= 0.3 is 0 Å². The second-order valence-corrected chi connectivity index (χ2v) is 3.12. The highest BCUT2D eigenvalue weighted by molar-refractivity contribution is 5.35. The van der Waals surface area contributed by atoms with Crippen molar-refractivity contribution in [1.29, 1.82) is 0 Å². The van der Waals surface area contributed by atoms with Gasteiger partial charge in [0.15, 0.2) is 11.6 Å². The maximum atomic E-state index is 13.1. The quantitative estimate of drug-likeness (QED) is 0.837. The van der Waals surface area contributed by atoms with Gasteiger partial charge in [-0.05, 0) is 19.1 Å². The van der Waals surface area contributed by atoms with Gasteiger partial charge in [0.25, 0.3) is 0 Å². The second kappa shape index (κ2) is 4.08. The van der Waals surface area contributed by atoms with Crippen molar-refractivity contribution in [2.45, 2.75) is 13.5 Å². The first-order valence-electron chi connectivity index (χ1n) is 4.52. The molecule has 1 N–H and O–H groups in total. The lowest BCUT2D eigenvalue weighted by Crippen LogP contribution is -2.03. The zero-order valence-electron chi connectivity index (χ0n) is 8.20. The number of aryl methyl sites for hydroxylation is 1. The fourth-order valence-corrected chi connectivity index (χ4v) is 1.19. The number of nitrogens with zero attached hydrogens (tertiary/aromatic N) is 2. The van der Waals surface area contributed by atoms with Crippen LogP contribution in [0.1, 0.15) is 11.5 Å². The van der Waals surface area contributed by atoms with Crippen LogP contribution in [0.5, 0.6) is 0 Å². The molecule has 0 saturated heterocycles. The highest BCUT2D eigenvalue weighted by Crippen LogP contribution is 2.10. The van der Waals surface area contributed by atoms with E-state index in [4.69, 9.17) is 4.52 Å². The van der Waals surface area contributed by atoms with E-state index in [2.05, 4.69) is 15.5 Å². The van der Waals surface area contributed by atoms with Crippen molar-refractivity contribution >= 4 is 5.82 Å². The lowest BCUT2D eigenvalue weighted by molar-refractivity contribution is 0.391. The molecule has 0 spiro atoms. The Bertz CT molecular complexity index is 455. The molecule has 15 heavy (non-hydrogen) atoms. The number of anilines is 1. The van der Waals surface area contributed by atoms with E-state index in [-0.39, 0.29) is 11.6 Å². The number of rotatable bonds is 3. The van der Waals surface area contributed by atoms with Gasteiger partial charge in [0.05, 0.1) is 6.54 Å². The van der Waals surface area contributed by atoms with Crippen LogP contribution in [0, 0.1) is 12.7 Å². The first-order valence-corrected chi connectivity index (χ1v) is 4.52. The minimum atomic E-state index is -0.377. The van der Waals surface area contributed by atoms with Crippen molar-refractivity contribution in [2.75, 3.05) is 5.32 Å². The molecule has 5 heteroatoms. The van der Waals surface area contributed by atoms with Gasteiger partial charge in [-0.2, -0.15) is 0 Å². The molecule has 2 heterocycles. The smallest absolute Gasteiger partial charge is 0.165 e. The van der Waals surface area contributed by atoms with Crippen LogP contribution in [0.25, 0.3) is 0 Å². The summed E-state index contributed by atoms with van der Waals surface area (Å²) in [5, 5.41) is 6.61. The highest BCUT2D eigenvalue weighted by Gasteiger charge is 2.03. The van der Waals surface area contributed by atoms with E-state index in [1.807, 2.05) is 0 Å². The van der Waals surface area contributed by atoms with Gasteiger partial charge in [-0.1, -0.05) is 5.16 Å². The van der Waals surface area contributed by atoms with Crippen LogP contribution >= 0.6 is 0 Å². The van der Waals surface area contributed by atoms with E-state index in [0.29, 0.717) is 6.54 Å². The highest BCUT2D eigenvalue weighted by atomic mass is 19.1. The Morgan fingerprint density at radius 2 is 2.40 bits per heavy atom. The molecule has 0 amide bonds. The Labute approximate surface area is 86.1 Å². The first kappa shape index (κ1) is 9.64. The Balaban J connectivity index is 2.02. The van der Waals surface area contributed by atoms with Gasteiger partial charge in [0.2, 0.25) is 0 Å². The third kappa shape index (κ3) is 2.31. The molecule has 0 unspecified atom stereocenters. The van der Waals surface area contributed by atoms with Crippen LogP contribution in [0.4, 0.5) is 10.2 Å². The largest absolute Gasteiger partial charge is 0.362 e. The van der Waals surface area contributed by atoms with Crippen LogP contribution in [0.2, 0.25) is 0 Å². The summed E-state index contributed by atoms with van der Waals surface area (Å²) in [4.78, 5) is 3.86. The van der Waals surface area contributed by atoms with Crippen LogP contribution in [-0.2, 0) is 6.54 Å². The second-order valence-electron chi connectivity index (χ2n) is 3.12. The van der Waals surface area contributed by atoms with Gasteiger partial charge < -0.3 is 9.84 Å². The van der Waals surface area contributed by atoms with Gasteiger partial charge in [0.1, 0.15) is 11.5 Å². The number of aromatic nitrogens is 2. The average molecular weight is 207 g/mol. The van der Waals surface area contributed by atoms with Crippen molar-refractivity contribution in [2.24, 2.45) is 0 Å². The van der Waals surface area contributed by atoms with Crippen LogP contribution in [-0.4, -0.2) is 10.1 Å². The number of pyridine rings is 1. The number of hydrogen-bond acceptors (Lipinski definition) is 4. The van der Waals surface area contributed by atoms with Crippen molar-refractivity contribution in [3.63, 3.8) is 0 Å². The third-order valence-electron chi connectivity index (χ3n) is 1.87. The summed E-state index contributed by atoms with van der Waals surface area (Å²) in [6.07, 6.45) is 1.53. The fraction of sp³-hybridized carbons (Fsp3) is 0.200. The molecular formula is C10H10FN3O. The van der Waals surface area contributed by atoms with Gasteiger partial charge in [-0.25, -0.2) is 9.37 Å². The fourth-order valence-electron chi connectivity index (χ4n) is 1.19. The van der Waals surface area contributed by atoms with Crippen molar-refractivity contribution in [3.05, 3.63) is 41.7 Å². The maximum Gasteiger partial charge on any atom is 0.165 e. The molecule has 0 saturated carbocycles. The third-order valence-corrected chi connectivity index (χ3v) is 1.87. The molecule has 0 bridgehead atoms. The summed E-state index contributed by atoms with van der Waals surface area (Å²) in [6.45, 7) is 2.20. The summed E-state index contributed by atoms with van der Waals surface area (Å²) in [5.41, 5.74) is 0.720.